The van der Waals surface area contributed by atoms with Crippen molar-refractivity contribution >= 4 is 17.7 Å². The van der Waals surface area contributed by atoms with E-state index in [1.807, 2.05) is 109 Å². The molecule has 6 atom stereocenters. The van der Waals surface area contributed by atoms with Gasteiger partial charge in [0.15, 0.2) is 18.3 Å². The second kappa shape index (κ2) is 15.2. The lowest BCUT2D eigenvalue weighted by Crippen LogP contribution is -2.13. The molecule has 3 aliphatic rings. The smallest absolute Gasteiger partial charge is 0.217 e. The van der Waals surface area contributed by atoms with Crippen LogP contribution in [0.2, 0.25) is 0 Å². The molecular formula is C51H39N3O3. The maximum absolute atomic E-state index is 6.89. The van der Waals surface area contributed by atoms with Crippen LogP contribution in [0.15, 0.2) is 215 Å². The van der Waals surface area contributed by atoms with E-state index >= 15 is 0 Å². The average Bonchev–Trinajstić information content (AvgIpc) is 4.07. The van der Waals surface area contributed by atoms with Crippen LogP contribution in [0.1, 0.15) is 86.5 Å². The van der Waals surface area contributed by atoms with Crippen molar-refractivity contribution in [1.82, 2.24) is 0 Å². The first-order valence-electron chi connectivity index (χ1n) is 19.4. The van der Waals surface area contributed by atoms with Crippen molar-refractivity contribution in [2.75, 3.05) is 0 Å². The van der Waals surface area contributed by atoms with E-state index in [2.05, 4.69) is 91.0 Å². The van der Waals surface area contributed by atoms with Gasteiger partial charge in [-0.25, -0.2) is 15.0 Å². The van der Waals surface area contributed by atoms with Crippen LogP contribution in [-0.2, 0) is 14.2 Å². The fourth-order valence-electron chi connectivity index (χ4n) is 8.03. The first-order valence-corrected chi connectivity index (χ1v) is 19.4. The third-order valence-electron chi connectivity index (χ3n) is 10.8. The molecule has 6 heteroatoms. The van der Waals surface area contributed by atoms with Crippen LogP contribution in [0.5, 0.6) is 0 Å². The standard InChI is InChI=1S/C51H39N3O3/c1-7-19-34(20-8-1)43-46(37-25-13-4-14-26-37)55-49(52-43)40-31-41(50-53-44(35-21-9-2-10-22-35)47(56-50)38-27-15-5-16-28-38)33-42(32-40)51-54-45(36-23-11-3-12-24-36)48(57-51)39-29-17-6-18-30-39/h1-33,43-48H/t43-,44-,45-,46-,47-,48-/m0/s1. The van der Waals surface area contributed by atoms with Gasteiger partial charge in [0.25, 0.3) is 0 Å². The van der Waals surface area contributed by atoms with Crippen LogP contribution in [0, 0.1) is 0 Å². The van der Waals surface area contributed by atoms with Crippen LogP contribution in [-0.4, -0.2) is 17.7 Å². The monoisotopic (exact) mass is 741 g/mol. The zero-order valence-corrected chi connectivity index (χ0v) is 31.1. The Kier molecular flexibility index (Phi) is 9.21. The van der Waals surface area contributed by atoms with E-state index in [0.29, 0.717) is 17.7 Å². The number of aliphatic imine (C=N–C) groups is 3. The number of nitrogens with zero attached hydrogens (tertiary/aromatic N) is 3. The van der Waals surface area contributed by atoms with Gasteiger partial charge in [-0.1, -0.05) is 182 Å². The number of rotatable bonds is 9. The first-order chi connectivity index (χ1) is 28.2. The predicted molar refractivity (Wildman–Crippen MR) is 224 cm³/mol. The summed E-state index contributed by atoms with van der Waals surface area (Å²) in [5.41, 5.74) is 8.78. The molecule has 0 saturated heterocycles. The largest absolute Gasteiger partial charge is 0.467 e. The number of benzene rings is 7. The maximum atomic E-state index is 6.89. The predicted octanol–water partition coefficient (Wildman–Crippen LogP) is 11.5. The van der Waals surface area contributed by atoms with Gasteiger partial charge in [-0.3, -0.25) is 0 Å². The van der Waals surface area contributed by atoms with Crippen molar-refractivity contribution in [3.05, 3.63) is 250 Å². The van der Waals surface area contributed by atoms with Crippen LogP contribution in [0.3, 0.4) is 0 Å². The fraction of sp³-hybridized carbons (Fsp3) is 0.118. The van der Waals surface area contributed by atoms with Crippen molar-refractivity contribution in [1.29, 1.82) is 0 Å². The summed E-state index contributed by atoms with van der Waals surface area (Å²) >= 11 is 0. The lowest BCUT2D eigenvalue weighted by molar-refractivity contribution is 0.196. The topological polar surface area (TPSA) is 64.8 Å². The Hall–Kier alpha value is -7.05. The average molecular weight is 742 g/mol. The summed E-state index contributed by atoms with van der Waals surface area (Å²) in [5, 5.41) is 0. The molecule has 0 spiro atoms. The number of hydrogen-bond acceptors (Lipinski definition) is 6. The van der Waals surface area contributed by atoms with E-state index in [1.54, 1.807) is 0 Å². The van der Waals surface area contributed by atoms with Gasteiger partial charge < -0.3 is 14.2 Å². The highest BCUT2D eigenvalue weighted by atomic mass is 16.5. The Morgan fingerprint density at radius 2 is 0.474 bits per heavy atom. The quantitative estimate of drug-likeness (QED) is 0.148. The summed E-state index contributed by atoms with van der Waals surface area (Å²) in [6, 6.07) is 67.5. The molecule has 0 saturated carbocycles. The second-order valence-corrected chi connectivity index (χ2v) is 14.5. The number of hydrogen-bond donors (Lipinski definition) is 0. The fourth-order valence-corrected chi connectivity index (χ4v) is 8.03. The van der Waals surface area contributed by atoms with E-state index in [0.717, 1.165) is 50.1 Å². The molecule has 0 N–H and O–H groups in total. The highest BCUT2D eigenvalue weighted by Gasteiger charge is 2.39. The maximum Gasteiger partial charge on any atom is 0.217 e. The Morgan fingerprint density at radius 1 is 0.263 bits per heavy atom. The Bertz CT molecular complexity index is 2260. The third kappa shape index (κ3) is 6.91. The lowest BCUT2D eigenvalue weighted by atomic mass is 9.97. The minimum absolute atomic E-state index is 0.245. The molecule has 0 bridgehead atoms. The van der Waals surface area contributed by atoms with Gasteiger partial charge >= 0.3 is 0 Å². The van der Waals surface area contributed by atoms with E-state index in [-0.39, 0.29) is 36.4 Å². The summed E-state index contributed by atoms with van der Waals surface area (Å²) in [5.74, 6) is 1.62. The molecular weight excluding hydrogens is 703 g/mol. The zero-order valence-electron chi connectivity index (χ0n) is 31.1. The molecule has 3 heterocycles. The molecule has 0 unspecified atom stereocenters. The zero-order chi connectivity index (χ0) is 38.0. The van der Waals surface area contributed by atoms with E-state index in [4.69, 9.17) is 29.2 Å². The molecule has 10 rings (SSSR count). The molecule has 0 fully saturated rings. The van der Waals surface area contributed by atoms with Crippen LogP contribution >= 0.6 is 0 Å². The van der Waals surface area contributed by atoms with Crippen LogP contribution in [0.4, 0.5) is 0 Å². The van der Waals surface area contributed by atoms with Gasteiger partial charge in [0.05, 0.1) is 0 Å². The van der Waals surface area contributed by atoms with Gasteiger partial charge in [0.1, 0.15) is 18.1 Å². The van der Waals surface area contributed by atoms with Gasteiger partial charge in [-0.2, -0.15) is 0 Å². The van der Waals surface area contributed by atoms with Crippen molar-refractivity contribution in [2.45, 2.75) is 36.4 Å². The van der Waals surface area contributed by atoms with Gasteiger partial charge in [-0.05, 0) is 51.6 Å². The summed E-state index contributed by atoms with van der Waals surface area (Å²) in [4.78, 5) is 15.9. The van der Waals surface area contributed by atoms with Crippen molar-refractivity contribution < 1.29 is 14.2 Å². The van der Waals surface area contributed by atoms with E-state index in [1.165, 1.54) is 0 Å². The summed E-state index contributed by atoms with van der Waals surface area (Å²) in [6.07, 6.45) is -0.943. The minimum Gasteiger partial charge on any atom is -0.467 e. The Labute approximate surface area is 332 Å². The highest BCUT2D eigenvalue weighted by Crippen LogP contribution is 2.45. The Balaban J connectivity index is 1.11. The van der Waals surface area contributed by atoms with E-state index in [9.17, 15) is 0 Å². The van der Waals surface area contributed by atoms with E-state index < -0.39 is 0 Å². The normalized spacial score (nSPS) is 22.4. The molecule has 0 amide bonds. The molecule has 6 nitrogen and oxygen atoms in total. The van der Waals surface area contributed by atoms with Crippen molar-refractivity contribution in [3.63, 3.8) is 0 Å². The number of ether oxygens (including phenoxy) is 3. The lowest BCUT2D eigenvalue weighted by Gasteiger charge is -2.19. The summed E-state index contributed by atoms with van der Waals surface area (Å²) < 4.78 is 20.7. The highest BCUT2D eigenvalue weighted by molar-refractivity contribution is 6.05. The van der Waals surface area contributed by atoms with Gasteiger partial charge in [0.2, 0.25) is 17.7 Å². The SMILES string of the molecule is c1ccc([C@@H]2N=C(c3cc(C4=N[C@@H](c5ccccc5)[C@H](c5ccccc5)O4)cc(C4=N[C@@H](c5ccccc5)[C@H](c5ccccc5)O4)c3)O[C@H]2c2ccccc2)cc1. The first kappa shape index (κ1) is 34.4. The van der Waals surface area contributed by atoms with Crippen molar-refractivity contribution in [2.24, 2.45) is 15.0 Å². The van der Waals surface area contributed by atoms with Gasteiger partial charge in [0, 0.05) is 16.7 Å². The molecule has 0 aromatic heterocycles. The van der Waals surface area contributed by atoms with Gasteiger partial charge in [-0.15, -0.1) is 0 Å². The molecule has 57 heavy (non-hydrogen) atoms. The molecule has 0 aliphatic carbocycles. The summed E-state index contributed by atoms with van der Waals surface area (Å²) in [7, 11) is 0. The molecule has 7 aromatic rings. The van der Waals surface area contributed by atoms with Crippen LogP contribution < -0.4 is 0 Å². The molecule has 3 aliphatic heterocycles. The third-order valence-corrected chi connectivity index (χ3v) is 10.8. The molecule has 7 aromatic carbocycles. The minimum atomic E-state index is -0.314. The molecule has 0 radical (unpaired) electrons. The molecule has 276 valence electrons. The Morgan fingerprint density at radius 3 is 0.702 bits per heavy atom. The van der Waals surface area contributed by atoms with Crippen molar-refractivity contribution in [3.8, 4) is 0 Å². The van der Waals surface area contributed by atoms with Crippen LogP contribution in [0.25, 0.3) is 0 Å². The summed E-state index contributed by atoms with van der Waals surface area (Å²) in [6.45, 7) is 0. The second-order valence-electron chi connectivity index (χ2n) is 14.5.